The van der Waals surface area contributed by atoms with Crippen molar-refractivity contribution in [3.8, 4) is 6.07 Å². The molecule has 1 aromatic heterocycles. The number of carbonyl (C=O) groups excluding carboxylic acids is 2. The molecule has 138 valence electrons. The smallest absolute Gasteiger partial charge is 0.319 e. The molecule has 1 aliphatic rings. The fourth-order valence-electron chi connectivity index (χ4n) is 2.66. The zero-order chi connectivity index (χ0) is 19.8. The molecule has 1 aliphatic heterocycles. The van der Waals surface area contributed by atoms with Gasteiger partial charge in [-0.2, -0.15) is 18.4 Å². The summed E-state index contributed by atoms with van der Waals surface area (Å²) >= 11 is 0. The number of nitrogens with one attached hydrogen (secondary N) is 1. The summed E-state index contributed by atoms with van der Waals surface area (Å²) in [4.78, 5) is 33.7. The van der Waals surface area contributed by atoms with Crippen molar-refractivity contribution >= 4 is 11.9 Å². The Balaban J connectivity index is 1.84. The van der Waals surface area contributed by atoms with Crippen LogP contribution in [0.4, 0.5) is 18.0 Å². The maximum absolute atomic E-state index is 12.8. The Hall–Kier alpha value is -3.48. The number of hydrogen-bond donors (Lipinski definition) is 1. The van der Waals surface area contributed by atoms with E-state index in [9.17, 15) is 22.8 Å². The molecule has 0 spiro atoms. The van der Waals surface area contributed by atoms with E-state index >= 15 is 0 Å². The number of nitrogens with zero attached hydrogens (tertiary/aromatic N) is 4. The van der Waals surface area contributed by atoms with Crippen molar-refractivity contribution in [3.63, 3.8) is 0 Å². The summed E-state index contributed by atoms with van der Waals surface area (Å²) in [5, 5.41) is 11.2. The van der Waals surface area contributed by atoms with Crippen molar-refractivity contribution in [2.45, 2.75) is 25.2 Å². The first kappa shape index (κ1) is 18.3. The molecular weight excluding hydrogens is 363 g/mol. The van der Waals surface area contributed by atoms with Gasteiger partial charge in [0, 0.05) is 12.4 Å². The quantitative estimate of drug-likeness (QED) is 0.830. The highest BCUT2D eigenvalue weighted by Crippen LogP contribution is 2.33. The minimum atomic E-state index is -4.50. The first-order valence-corrected chi connectivity index (χ1v) is 7.68. The number of aromatic nitrogens is 2. The van der Waals surface area contributed by atoms with E-state index in [1.54, 1.807) is 0 Å². The molecule has 3 amide bonds. The third-order valence-electron chi connectivity index (χ3n) is 4.20. The zero-order valence-corrected chi connectivity index (χ0v) is 13.9. The van der Waals surface area contributed by atoms with E-state index in [2.05, 4.69) is 15.3 Å². The largest absolute Gasteiger partial charge is 0.416 e. The Morgan fingerprint density at radius 3 is 2.30 bits per heavy atom. The van der Waals surface area contributed by atoms with Crippen molar-refractivity contribution in [3.05, 3.63) is 59.2 Å². The molecule has 1 fully saturated rings. The third kappa shape index (κ3) is 3.31. The van der Waals surface area contributed by atoms with Crippen LogP contribution in [0.15, 0.2) is 36.7 Å². The number of benzene rings is 1. The molecule has 0 saturated carbocycles. The summed E-state index contributed by atoms with van der Waals surface area (Å²) in [6.07, 6.45) is -1.98. The highest BCUT2D eigenvalue weighted by Gasteiger charge is 2.49. The van der Waals surface area contributed by atoms with Crippen molar-refractivity contribution in [1.82, 2.24) is 20.2 Å². The van der Waals surface area contributed by atoms with Gasteiger partial charge >= 0.3 is 12.2 Å². The van der Waals surface area contributed by atoms with Gasteiger partial charge in [-0.15, -0.1) is 0 Å². The summed E-state index contributed by atoms with van der Waals surface area (Å²) in [5.41, 5.74) is -1.91. The van der Waals surface area contributed by atoms with Crippen LogP contribution in [0.2, 0.25) is 0 Å². The van der Waals surface area contributed by atoms with E-state index in [1.807, 2.05) is 6.07 Å². The number of alkyl halides is 3. The van der Waals surface area contributed by atoms with Crippen LogP contribution in [-0.2, 0) is 23.1 Å². The molecule has 27 heavy (non-hydrogen) atoms. The van der Waals surface area contributed by atoms with Crippen LogP contribution < -0.4 is 5.32 Å². The van der Waals surface area contributed by atoms with E-state index in [0.717, 1.165) is 29.2 Å². The van der Waals surface area contributed by atoms with Gasteiger partial charge in [0.25, 0.3) is 5.91 Å². The lowest BCUT2D eigenvalue weighted by Gasteiger charge is -2.22. The number of urea groups is 1. The van der Waals surface area contributed by atoms with Gasteiger partial charge in [0.15, 0.2) is 0 Å². The van der Waals surface area contributed by atoms with Crippen molar-refractivity contribution in [2.24, 2.45) is 0 Å². The Bertz CT molecular complexity index is 935. The molecule has 0 aliphatic carbocycles. The molecule has 2 aromatic rings. The molecule has 0 bridgehead atoms. The number of hydrogen-bond acceptors (Lipinski definition) is 5. The summed E-state index contributed by atoms with van der Waals surface area (Å²) in [5.74, 6) is -0.491. The van der Waals surface area contributed by atoms with Crippen molar-refractivity contribution in [2.75, 3.05) is 0 Å². The molecule has 2 heterocycles. The number of imide groups is 1. The molecule has 1 unspecified atom stereocenters. The molecule has 1 saturated heterocycles. The number of amides is 3. The highest BCUT2D eigenvalue weighted by atomic mass is 19.4. The summed E-state index contributed by atoms with van der Waals surface area (Å²) in [6, 6.07) is 5.16. The Kier molecular flexibility index (Phi) is 4.31. The molecule has 7 nitrogen and oxygen atoms in total. The second-order valence-corrected chi connectivity index (χ2v) is 6.02. The fourth-order valence-corrected chi connectivity index (χ4v) is 2.66. The second-order valence-electron chi connectivity index (χ2n) is 6.02. The number of halogens is 3. The van der Waals surface area contributed by atoms with Crippen LogP contribution in [0.5, 0.6) is 0 Å². The van der Waals surface area contributed by atoms with E-state index in [4.69, 9.17) is 5.26 Å². The molecule has 1 aromatic carbocycles. The van der Waals surface area contributed by atoms with Crippen LogP contribution in [0.1, 0.15) is 29.4 Å². The molecule has 10 heteroatoms. The minimum Gasteiger partial charge on any atom is -0.319 e. The highest BCUT2D eigenvalue weighted by molar-refractivity contribution is 6.07. The van der Waals surface area contributed by atoms with Gasteiger partial charge in [0.2, 0.25) is 0 Å². The number of nitriles is 1. The van der Waals surface area contributed by atoms with E-state index < -0.39 is 29.2 Å². The SMILES string of the molecule is CC1(c2ccc(C(F)(F)F)cc2)NC(=O)N(Cc2ncc(C#N)cn2)C1=O. The van der Waals surface area contributed by atoms with Gasteiger partial charge in [0.05, 0.1) is 17.7 Å². The number of rotatable bonds is 3. The Labute approximate surface area is 151 Å². The average molecular weight is 375 g/mol. The third-order valence-corrected chi connectivity index (χ3v) is 4.20. The Morgan fingerprint density at radius 1 is 1.19 bits per heavy atom. The predicted octanol–water partition coefficient (Wildman–Crippen LogP) is 2.33. The monoisotopic (exact) mass is 375 g/mol. The van der Waals surface area contributed by atoms with Crippen LogP contribution in [0, 0.1) is 11.3 Å². The lowest BCUT2D eigenvalue weighted by atomic mass is 9.91. The van der Waals surface area contributed by atoms with Gasteiger partial charge in [0.1, 0.15) is 17.4 Å². The molecule has 1 N–H and O–H groups in total. The maximum Gasteiger partial charge on any atom is 0.416 e. The molecule has 1 atom stereocenters. The van der Waals surface area contributed by atoms with Crippen LogP contribution in [0.25, 0.3) is 0 Å². The van der Waals surface area contributed by atoms with Crippen LogP contribution in [0.3, 0.4) is 0 Å². The predicted molar refractivity (Wildman–Crippen MR) is 84.6 cm³/mol. The number of carbonyl (C=O) groups is 2. The fraction of sp³-hybridized carbons (Fsp3) is 0.235. The lowest BCUT2D eigenvalue weighted by Crippen LogP contribution is -2.40. The summed E-state index contributed by atoms with van der Waals surface area (Å²) in [7, 11) is 0. The van der Waals surface area contributed by atoms with E-state index in [-0.39, 0.29) is 23.5 Å². The summed E-state index contributed by atoms with van der Waals surface area (Å²) < 4.78 is 38.1. The lowest BCUT2D eigenvalue weighted by molar-refractivity contribution is -0.137. The van der Waals surface area contributed by atoms with Crippen molar-refractivity contribution < 1.29 is 22.8 Å². The maximum atomic E-state index is 12.8. The standard InChI is InChI=1S/C17H12F3N5O2/c1-16(11-2-4-12(5-3-11)17(18,19)20)14(26)25(15(27)24-16)9-13-22-7-10(6-21)8-23-13/h2-5,7-8H,9H2,1H3,(H,24,27). The van der Waals surface area contributed by atoms with Crippen LogP contribution >= 0.6 is 0 Å². The van der Waals surface area contributed by atoms with Gasteiger partial charge in [-0.05, 0) is 24.6 Å². The normalized spacial score (nSPS) is 19.7. The van der Waals surface area contributed by atoms with Gasteiger partial charge < -0.3 is 5.32 Å². The minimum absolute atomic E-state index is 0.147. The van der Waals surface area contributed by atoms with Crippen molar-refractivity contribution in [1.29, 1.82) is 5.26 Å². The zero-order valence-electron chi connectivity index (χ0n) is 13.9. The topological polar surface area (TPSA) is 99.0 Å². The molecule has 3 rings (SSSR count). The first-order valence-electron chi connectivity index (χ1n) is 7.68. The van der Waals surface area contributed by atoms with Gasteiger partial charge in [-0.25, -0.2) is 14.8 Å². The first-order chi connectivity index (χ1) is 12.6. The Morgan fingerprint density at radius 2 is 1.78 bits per heavy atom. The molecular formula is C17H12F3N5O2. The second kappa shape index (κ2) is 6.35. The average Bonchev–Trinajstić information content (AvgIpc) is 2.86. The van der Waals surface area contributed by atoms with Gasteiger partial charge in [-0.1, -0.05) is 12.1 Å². The van der Waals surface area contributed by atoms with Crippen LogP contribution in [-0.4, -0.2) is 26.8 Å². The van der Waals surface area contributed by atoms with E-state index in [0.29, 0.717) is 0 Å². The van der Waals surface area contributed by atoms with Gasteiger partial charge in [-0.3, -0.25) is 9.69 Å². The molecule has 0 radical (unpaired) electrons. The van der Waals surface area contributed by atoms with E-state index in [1.165, 1.54) is 19.3 Å². The summed E-state index contributed by atoms with van der Waals surface area (Å²) in [6.45, 7) is 1.18.